The number of furan rings is 1. The molecule has 5 heteroatoms. The molecule has 0 fully saturated rings. The molecule has 0 atom stereocenters. The third-order valence-electron chi connectivity index (χ3n) is 13.4. The molecule has 12 aromatic rings. The fourth-order valence-electron chi connectivity index (χ4n) is 10.9. The molecule has 0 N–H and O–H groups in total. The van der Waals surface area contributed by atoms with Gasteiger partial charge < -0.3 is 4.42 Å². The zero-order valence-electron chi connectivity index (χ0n) is 33.7. The minimum absolute atomic E-state index is 0.415. The van der Waals surface area contributed by atoms with Crippen LogP contribution < -0.4 is 0 Å². The second-order valence-electron chi connectivity index (χ2n) is 16.6. The fourth-order valence-corrected chi connectivity index (χ4v) is 12.0. The highest BCUT2D eigenvalue weighted by Crippen LogP contribution is 2.64. The van der Waals surface area contributed by atoms with Gasteiger partial charge in [0.15, 0.2) is 17.5 Å². The molecule has 3 heterocycles. The van der Waals surface area contributed by atoms with Gasteiger partial charge in [-0.3, -0.25) is 0 Å². The van der Waals surface area contributed by atoms with Crippen molar-refractivity contribution in [3.05, 3.63) is 222 Å². The number of hydrogen-bond acceptors (Lipinski definition) is 5. The highest BCUT2D eigenvalue weighted by molar-refractivity contribution is 7.25. The molecule has 3 aromatic heterocycles. The van der Waals surface area contributed by atoms with Crippen molar-refractivity contribution in [1.82, 2.24) is 15.0 Å². The summed E-state index contributed by atoms with van der Waals surface area (Å²) in [4.78, 5) is 15.8. The highest BCUT2D eigenvalue weighted by Gasteiger charge is 2.52. The number of fused-ring (bicyclic) bond motifs is 16. The zero-order valence-corrected chi connectivity index (χ0v) is 34.5. The Kier molecular flexibility index (Phi) is 7.16. The Morgan fingerprint density at radius 2 is 0.905 bits per heavy atom. The molecule has 0 bridgehead atoms. The number of aromatic nitrogens is 3. The van der Waals surface area contributed by atoms with Crippen LogP contribution >= 0.6 is 11.3 Å². The van der Waals surface area contributed by atoms with Gasteiger partial charge in [0.1, 0.15) is 11.2 Å². The Labute approximate surface area is 366 Å². The first kappa shape index (κ1) is 34.7. The maximum atomic E-state index is 6.66. The third kappa shape index (κ3) is 4.77. The lowest BCUT2D eigenvalue weighted by Gasteiger charge is -2.30. The summed E-state index contributed by atoms with van der Waals surface area (Å²) in [6.07, 6.45) is 0. The van der Waals surface area contributed by atoms with Gasteiger partial charge in [0.05, 0.1) is 5.41 Å². The molecule has 14 rings (SSSR count). The SMILES string of the molecule is c1ccc(-c2nc(-c3cccc4oc5ccc(-c6cccc7c6-c6ccccc6C76c7ccccc7-c7ccccc76)cc5c34)nc(-c3cccc4sc5ccccc5c34)n2)cc1. The number of hydrogen-bond donors (Lipinski definition) is 0. The van der Waals surface area contributed by atoms with Crippen LogP contribution in [0.3, 0.4) is 0 Å². The van der Waals surface area contributed by atoms with Gasteiger partial charge in [-0.25, -0.2) is 15.0 Å². The lowest BCUT2D eigenvalue weighted by atomic mass is 9.70. The minimum Gasteiger partial charge on any atom is -0.456 e. The van der Waals surface area contributed by atoms with Crippen LogP contribution in [0, 0.1) is 0 Å². The van der Waals surface area contributed by atoms with E-state index >= 15 is 0 Å². The Morgan fingerprint density at radius 3 is 1.68 bits per heavy atom. The molecule has 0 amide bonds. The maximum absolute atomic E-state index is 6.66. The van der Waals surface area contributed by atoms with Gasteiger partial charge in [0.2, 0.25) is 0 Å². The fraction of sp³-hybridized carbons (Fsp3) is 0.0172. The molecule has 9 aromatic carbocycles. The van der Waals surface area contributed by atoms with E-state index in [-0.39, 0.29) is 0 Å². The van der Waals surface area contributed by atoms with Gasteiger partial charge in [-0.05, 0) is 86.0 Å². The van der Waals surface area contributed by atoms with Crippen LogP contribution in [0.15, 0.2) is 205 Å². The predicted octanol–water partition coefficient (Wildman–Crippen LogP) is 15.2. The van der Waals surface area contributed by atoms with Gasteiger partial charge in [-0.1, -0.05) is 170 Å². The second-order valence-corrected chi connectivity index (χ2v) is 17.6. The minimum atomic E-state index is -0.415. The van der Waals surface area contributed by atoms with E-state index in [4.69, 9.17) is 19.4 Å². The molecule has 0 unspecified atom stereocenters. The van der Waals surface area contributed by atoms with Crippen molar-refractivity contribution in [2.45, 2.75) is 5.41 Å². The first-order valence-electron chi connectivity index (χ1n) is 21.3. The number of thiophene rings is 1. The number of rotatable bonds is 4. The van der Waals surface area contributed by atoms with E-state index in [0.29, 0.717) is 17.5 Å². The van der Waals surface area contributed by atoms with Crippen LogP contribution in [-0.2, 0) is 5.41 Å². The van der Waals surface area contributed by atoms with Crippen LogP contribution in [-0.4, -0.2) is 15.0 Å². The third-order valence-corrected chi connectivity index (χ3v) is 14.5. The summed E-state index contributed by atoms with van der Waals surface area (Å²) < 4.78 is 9.11. The van der Waals surface area contributed by atoms with E-state index in [9.17, 15) is 0 Å². The van der Waals surface area contributed by atoms with E-state index < -0.39 is 5.41 Å². The summed E-state index contributed by atoms with van der Waals surface area (Å²) in [6.45, 7) is 0. The Bertz CT molecular complexity index is 3830. The molecule has 0 aliphatic heterocycles. The number of nitrogens with zero attached hydrogens (tertiary/aromatic N) is 3. The standard InChI is InChI=1S/C58H33N3OS/c1-2-15-34(16-3-1)55-59-56(61-57(60-55)42-23-14-30-51-54(42)40-20-7-11-29-50(40)63-51)41-22-13-28-49-53(41)43-33-35(31-32-48(43)62-49)36-21-12-27-47-52(36)39-19-6-10-26-46(39)58(47)44-24-8-4-17-37(44)38-18-5-9-25-45(38)58/h1-33H. The summed E-state index contributed by atoms with van der Waals surface area (Å²) >= 11 is 1.79. The molecule has 0 saturated heterocycles. The monoisotopic (exact) mass is 819 g/mol. The summed E-state index contributed by atoms with van der Waals surface area (Å²) in [5.41, 5.74) is 16.8. The van der Waals surface area contributed by atoms with Gasteiger partial charge in [0.25, 0.3) is 0 Å². The molecule has 0 radical (unpaired) electrons. The second kappa shape index (κ2) is 13.0. The lowest BCUT2D eigenvalue weighted by molar-refractivity contribution is 0.669. The van der Waals surface area contributed by atoms with Crippen molar-refractivity contribution in [2.24, 2.45) is 0 Å². The van der Waals surface area contributed by atoms with Gasteiger partial charge in [-0.2, -0.15) is 0 Å². The van der Waals surface area contributed by atoms with Gasteiger partial charge >= 0.3 is 0 Å². The van der Waals surface area contributed by atoms with Crippen LogP contribution in [0.5, 0.6) is 0 Å². The van der Waals surface area contributed by atoms with Crippen LogP contribution in [0.1, 0.15) is 22.3 Å². The van der Waals surface area contributed by atoms with Crippen molar-refractivity contribution in [3.63, 3.8) is 0 Å². The van der Waals surface area contributed by atoms with Crippen molar-refractivity contribution >= 4 is 53.4 Å². The average molecular weight is 820 g/mol. The quantitative estimate of drug-likeness (QED) is 0.177. The summed E-state index contributed by atoms with van der Waals surface area (Å²) in [7, 11) is 0. The van der Waals surface area contributed by atoms with Crippen LogP contribution in [0.4, 0.5) is 0 Å². The Hall–Kier alpha value is -7.99. The molecular formula is C58H33N3OS. The maximum Gasteiger partial charge on any atom is 0.164 e. The Morgan fingerprint density at radius 1 is 0.349 bits per heavy atom. The highest BCUT2D eigenvalue weighted by atomic mass is 32.1. The molecule has 63 heavy (non-hydrogen) atoms. The first-order valence-corrected chi connectivity index (χ1v) is 22.2. The van der Waals surface area contributed by atoms with E-state index in [1.54, 1.807) is 11.3 Å². The molecule has 4 nitrogen and oxygen atoms in total. The largest absolute Gasteiger partial charge is 0.456 e. The van der Waals surface area contributed by atoms with Crippen molar-refractivity contribution < 1.29 is 4.42 Å². The topological polar surface area (TPSA) is 51.8 Å². The van der Waals surface area contributed by atoms with E-state index in [1.807, 2.05) is 30.3 Å². The number of benzene rings is 9. The Balaban J connectivity index is 0.997. The van der Waals surface area contributed by atoms with Crippen LogP contribution in [0.25, 0.3) is 110 Å². The molecule has 292 valence electrons. The van der Waals surface area contributed by atoms with Gasteiger partial charge in [0, 0.05) is 47.6 Å². The summed E-state index contributed by atoms with van der Waals surface area (Å²) in [5, 5.41) is 4.36. The predicted molar refractivity (Wildman–Crippen MR) is 258 cm³/mol. The van der Waals surface area contributed by atoms with Crippen LogP contribution in [0.2, 0.25) is 0 Å². The average Bonchev–Trinajstić information content (AvgIpc) is 4.09. The smallest absolute Gasteiger partial charge is 0.164 e. The zero-order chi connectivity index (χ0) is 41.2. The molecule has 2 aliphatic carbocycles. The normalized spacial score (nSPS) is 13.2. The summed E-state index contributed by atoms with van der Waals surface area (Å²) in [6, 6.07) is 71.9. The molecule has 2 aliphatic rings. The van der Waals surface area contributed by atoms with Crippen molar-refractivity contribution in [3.8, 4) is 67.5 Å². The van der Waals surface area contributed by atoms with Crippen molar-refractivity contribution in [2.75, 3.05) is 0 Å². The van der Waals surface area contributed by atoms with Gasteiger partial charge in [-0.15, -0.1) is 11.3 Å². The van der Waals surface area contributed by atoms with E-state index in [0.717, 1.165) is 49.6 Å². The summed E-state index contributed by atoms with van der Waals surface area (Å²) in [5.74, 6) is 1.87. The first-order chi connectivity index (χ1) is 31.2. The molecule has 1 spiro atoms. The molecule has 0 saturated carbocycles. The van der Waals surface area contributed by atoms with Crippen molar-refractivity contribution in [1.29, 1.82) is 0 Å². The lowest BCUT2D eigenvalue weighted by Crippen LogP contribution is -2.25. The molecular weight excluding hydrogens is 787 g/mol. The van der Waals surface area contributed by atoms with E-state index in [1.165, 1.54) is 64.9 Å². The van der Waals surface area contributed by atoms with E-state index in [2.05, 4.69) is 170 Å².